The number of halogens is 1. The molecule has 0 atom stereocenters. The van der Waals surface area contributed by atoms with Gasteiger partial charge in [0.05, 0.1) is 27.9 Å². The molecule has 0 unspecified atom stereocenters. The Labute approximate surface area is 164 Å². The van der Waals surface area contributed by atoms with Gasteiger partial charge in [0, 0.05) is 16.8 Å². The minimum atomic E-state index is -0.382. The summed E-state index contributed by atoms with van der Waals surface area (Å²) in [6, 6.07) is 14.5. The molecule has 0 aliphatic carbocycles. The molecule has 7 heteroatoms. The van der Waals surface area contributed by atoms with Gasteiger partial charge in [-0.25, -0.2) is 9.88 Å². The number of nitrogens with zero attached hydrogens (tertiary/aromatic N) is 3. The highest BCUT2D eigenvalue weighted by molar-refractivity contribution is 6.38. The number of amides is 2. The number of fused-ring (bicyclic) bond motifs is 3. The lowest BCUT2D eigenvalue weighted by molar-refractivity contribution is 0.0926. The van der Waals surface area contributed by atoms with E-state index in [1.165, 1.54) is 11.1 Å². The number of imide groups is 1. The maximum atomic E-state index is 13.3. The van der Waals surface area contributed by atoms with Crippen LogP contribution in [-0.2, 0) is 0 Å². The molecule has 2 aromatic carbocycles. The summed E-state index contributed by atoms with van der Waals surface area (Å²) in [7, 11) is 0. The van der Waals surface area contributed by atoms with E-state index in [1.54, 1.807) is 24.3 Å². The van der Waals surface area contributed by atoms with E-state index in [-0.39, 0.29) is 17.4 Å². The number of aryl methyl sites for hydroxylation is 1. The molecule has 0 radical (unpaired) electrons. The quantitative estimate of drug-likeness (QED) is 0.516. The summed E-state index contributed by atoms with van der Waals surface area (Å²) >= 11 is 5.99. The van der Waals surface area contributed by atoms with E-state index in [1.807, 2.05) is 31.2 Å². The molecule has 0 bridgehead atoms. The summed E-state index contributed by atoms with van der Waals surface area (Å²) < 4.78 is 0. The Balaban J connectivity index is 1.75. The number of carbonyl (C=O) groups is 2. The van der Waals surface area contributed by atoms with Gasteiger partial charge in [-0.05, 0) is 30.7 Å². The van der Waals surface area contributed by atoms with Crippen molar-refractivity contribution in [2.45, 2.75) is 6.92 Å². The number of rotatable bonds is 2. The van der Waals surface area contributed by atoms with Gasteiger partial charge in [-0.3, -0.25) is 14.7 Å². The van der Waals surface area contributed by atoms with Crippen LogP contribution in [0.1, 0.15) is 26.3 Å². The van der Waals surface area contributed by atoms with Crippen LogP contribution in [0.15, 0.2) is 54.7 Å². The monoisotopic (exact) mass is 388 g/mol. The fraction of sp³-hybridized carbons (Fsp3) is 0.0476. The van der Waals surface area contributed by atoms with Crippen molar-refractivity contribution in [3.05, 3.63) is 76.4 Å². The second kappa shape index (κ2) is 6.00. The zero-order valence-corrected chi connectivity index (χ0v) is 15.5. The lowest BCUT2D eigenvalue weighted by Crippen LogP contribution is -2.30. The number of carbonyl (C=O) groups excluding carboxylic acids is 2. The number of hydrogen-bond donors (Lipinski definition) is 1. The lowest BCUT2D eigenvalue weighted by atomic mass is 10.0. The van der Waals surface area contributed by atoms with Gasteiger partial charge in [-0.1, -0.05) is 41.9 Å². The summed E-state index contributed by atoms with van der Waals surface area (Å²) in [5, 5.41) is 8.30. The van der Waals surface area contributed by atoms with Crippen LogP contribution in [0.2, 0.25) is 5.02 Å². The minimum absolute atomic E-state index is 0.275. The Hall–Kier alpha value is -3.51. The SMILES string of the molecule is Cc1ccccc1N1C(=O)c2cnc3n[nH]c(-c4ccc(Cl)cc4)c3c2C1=O. The van der Waals surface area contributed by atoms with Gasteiger partial charge >= 0.3 is 0 Å². The lowest BCUT2D eigenvalue weighted by Gasteiger charge is -2.16. The molecule has 6 nitrogen and oxygen atoms in total. The van der Waals surface area contributed by atoms with Crippen molar-refractivity contribution < 1.29 is 9.59 Å². The number of pyridine rings is 1. The van der Waals surface area contributed by atoms with E-state index < -0.39 is 0 Å². The molecule has 0 fully saturated rings. The zero-order chi connectivity index (χ0) is 19.4. The highest BCUT2D eigenvalue weighted by Gasteiger charge is 2.40. The average Bonchev–Trinajstić information content (AvgIpc) is 3.23. The van der Waals surface area contributed by atoms with Crippen LogP contribution in [0.4, 0.5) is 5.69 Å². The van der Waals surface area contributed by atoms with E-state index in [0.717, 1.165) is 11.1 Å². The van der Waals surface area contributed by atoms with Gasteiger partial charge in [0.1, 0.15) is 0 Å². The molecular weight excluding hydrogens is 376 g/mol. The third-order valence-corrected chi connectivity index (χ3v) is 5.17. The van der Waals surface area contributed by atoms with E-state index in [4.69, 9.17) is 11.6 Å². The predicted octanol–water partition coefficient (Wildman–Crippen LogP) is 4.39. The molecule has 1 N–H and O–H groups in total. The number of H-pyrrole nitrogens is 1. The molecule has 5 rings (SSSR count). The van der Waals surface area contributed by atoms with Crippen molar-refractivity contribution in [1.29, 1.82) is 0 Å². The van der Waals surface area contributed by atoms with Crippen LogP contribution in [0.25, 0.3) is 22.3 Å². The first-order chi connectivity index (χ1) is 13.6. The number of para-hydroxylation sites is 1. The molecule has 1 aliphatic rings. The van der Waals surface area contributed by atoms with Crippen molar-refractivity contribution in [1.82, 2.24) is 15.2 Å². The number of nitrogens with one attached hydrogen (secondary N) is 1. The molecule has 136 valence electrons. The third-order valence-electron chi connectivity index (χ3n) is 4.92. The van der Waals surface area contributed by atoms with E-state index >= 15 is 0 Å². The van der Waals surface area contributed by atoms with Crippen molar-refractivity contribution in [2.24, 2.45) is 0 Å². The van der Waals surface area contributed by atoms with Gasteiger partial charge in [-0.15, -0.1) is 0 Å². The normalized spacial score (nSPS) is 13.4. The van der Waals surface area contributed by atoms with Gasteiger partial charge < -0.3 is 0 Å². The van der Waals surface area contributed by atoms with E-state index in [9.17, 15) is 9.59 Å². The van der Waals surface area contributed by atoms with Gasteiger partial charge in [0.25, 0.3) is 11.8 Å². The summed E-state index contributed by atoms with van der Waals surface area (Å²) in [5.74, 6) is -0.759. The first-order valence-corrected chi connectivity index (χ1v) is 9.01. The van der Waals surface area contributed by atoms with E-state index in [2.05, 4.69) is 15.2 Å². The van der Waals surface area contributed by atoms with Gasteiger partial charge in [0.2, 0.25) is 0 Å². The number of benzene rings is 2. The Morgan fingerprint density at radius 3 is 2.50 bits per heavy atom. The molecule has 4 aromatic rings. The molecular formula is C21H13ClN4O2. The van der Waals surface area contributed by atoms with Crippen molar-refractivity contribution in [2.75, 3.05) is 4.90 Å². The van der Waals surface area contributed by atoms with Crippen molar-refractivity contribution in [3.8, 4) is 11.3 Å². The predicted molar refractivity (Wildman–Crippen MR) is 107 cm³/mol. The Morgan fingerprint density at radius 2 is 1.75 bits per heavy atom. The molecule has 2 amide bonds. The number of anilines is 1. The Morgan fingerprint density at radius 1 is 1.00 bits per heavy atom. The average molecular weight is 389 g/mol. The fourth-order valence-corrected chi connectivity index (χ4v) is 3.68. The second-order valence-electron chi connectivity index (χ2n) is 6.58. The third kappa shape index (κ3) is 2.28. The molecule has 28 heavy (non-hydrogen) atoms. The van der Waals surface area contributed by atoms with Gasteiger partial charge in [0.15, 0.2) is 5.65 Å². The number of hydrogen-bond acceptors (Lipinski definition) is 4. The van der Waals surface area contributed by atoms with Gasteiger partial charge in [-0.2, -0.15) is 5.10 Å². The molecule has 0 saturated heterocycles. The molecule has 0 saturated carbocycles. The highest BCUT2D eigenvalue weighted by atomic mass is 35.5. The van der Waals surface area contributed by atoms with Crippen molar-refractivity contribution in [3.63, 3.8) is 0 Å². The van der Waals surface area contributed by atoms with Crippen LogP contribution in [-0.4, -0.2) is 27.0 Å². The summed E-state index contributed by atoms with van der Waals surface area (Å²) in [5.41, 5.74) is 3.82. The summed E-state index contributed by atoms with van der Waals surface area (Å²) in [6.07, 6.45) is 1.42. The molecule has 0 spiro atoms. The van der Waals surface area contributed by atoms with Crippen LogP contribution >= 0.6 is 11.6 Å². The van der Waals surface area contributed by atoms with Crippen LogP contribution < -0.4 is 4.90 Å². The molecule has 2 aromatic heterocycles. The number of aromatic amines is 1. The first-order valence-electron chi connectivity index (χ1n) is 8.63. The highest BCUT2D eigenvalue weighted by Crippen LogP contribution is 2.37. The Kier molecular flexibility index (Phi) is 3.57. The number of aromatic nitrogens is 3. The summed E-state index contributed by atoms with van der Waals surface area (Å²) in [4.78, 5) is 31.9. The maximum absolute atomic E-state index is 13.3. The fourth-order valence-electron chi connectivity index (χ4n) is 3.55. The standard InChI is InChI=1S/C21H13ClN4O2/c1-11-4-2-3-5-15(11)26-20(27)14-10-23-19-17(16(14)21(26)28)18(24-25-19)12-6-8-13(22)9-7-12/h2-10H,1H3,(H,23,24,25). The van der Waals surface area contributed by atoms with E-state index in [0.29, 0.717) is 33.0 Å². The smallest absolute Gasteiger partial charge is 0.267 e. The largest absolute Gasteiger partial charge is 0.275 e. The van der Waals surface area contributed by atoms with Crippen LogP contribution in [0.5, 0.6) is 0 Å². The minimum Gasteiger partial charge on any atom is -0.275 e. The maximum Gasteiger partial charge on any atom is 0.267 e. The second-order valence-corrected chi connectivity index (χ2v) is 7.02. The summed E-state index contributed by atoms with van der Waals surface area (Å²) in [6.45, 7) is 1.86. The van der Waals surface area contributed by atoms with Crippen molar-refractivity contribution >= 4 is 40.1 Å². The topological polar surface area (TPSA) is 79.0 Å². The zero-order valence-electron chi connectivity index (χ0n) is 14.7. The molecule has 1 aliphatic heterocycles. The first kappa shape index (κ1) is 16.6. The van der Waals surface area contributed by atoms with Crippen LogP contribution in [0, 0.1) is 6.92 Å². The molecule has 3 heterocycles. The van der Waals surface area contributed by atoms with Crippen LogP contribution in [0.3, 0.4) is 0 Å². The Bertz CT molecular complexity index is 1280.